The first-order valence-electron chi connectivity index (χ1n) is 10.4. The minimum atomic E-state index is -0.744. The maximum Gasteiger partial charge on any atom is 0.412 e. The molecule has 2 heterocycles. The van der Waals surface area contributed by atoms with Crippen LogP contribution in [-0.2, 0) is 14.2 Å². The second kappa shape index (κ2) is 9.49. The van der Waals surface area contributed by atoms with Gasteiger partial charge in [0.1, 0.15) is 11.3 Å². The van der Waals surface area contributed by atoms with Crippen molar-refractivity contribution in [3.05, 3.63) is 0 Å². The first-order chi connectivity index (χ1) is 13.4. The van der Waals surface area contributed by atoms with E-state index in [2.05, 4.69) is 27.6 Å². The molecule has 9 heteroatoms. The Labute approximate surface area is 175 Å². The fourth-order valence-corrected chi connectivity index (χ4v) is 3.75. The third-order valence-corrected chi connectivity index (χ3v) is 5.06. The SMILES string of the molecule is CN=C(NCC1CN(C)CCO1)NCC1C(C)OC(C)(C)N1C(=O)OC(C)(C)C. The number of likely N-dealkylation sites (N-methyl/N-ethyl adjacent to an activating group) is 1. The van der Waals surface area contributed by atoms with Gasteiger partial charge in [0.05, 0.1) is 24.9 Å². The number of ether oxygens (including phenoxy) is 3. The van der Waals surface area contributed by atoms with Crippen molar-refractivity contribution in [3.8, 4) is 0 Å². The topological polar surface area (TPSA) is 87.7 Å². The number of carbonyl (C=O) groups excluding carboxylic acids is 1. The van der Waals surface area contributed by atoms with Crippen LogP contribution in [0.2, 0.25) is 0 Å². The third-order valence-electron chi connectivity index (χ3n) is 5.06. The molecule has 3 atom stereocenters. The molecule has 2 rings (SSSR count). The highest BCUT2D eigenvalue weighted by molar-refractivity contribution is 5.79. The third kappa shape index (κ3) is 6.72. The molecule has 0 aromatic rings. The van der Waals surface area contributed by atoms with E-state index in [0.29, 0.717) is 19.0 Å². The van der Waals surface area contributed by atoms with Crippen LogP contribution < -0.4 is 10.6 Å². The number of guanidine groups is 1. The van der Waals surface area contributed by atoms with Crippen LogP contribution >= 0.6 is 0 Å². The number of hydrogen-bond donors (Lipinski definition) is 2. The average molecular weight is 414 g/mol. The van der Waals surface area contributed by atoms with E-state index in [-0.39, 0.29) is 24.3 Å². The lowest BCUT2D eigenvalue weighted by atomic mass is 10.1. The fourth-order valence-electron chi connectivity index (χ4n) is 3.75. The Hall–Kier alpha value is -1.58. The summed E-state index contributed by atoms with van der Waals surface area (Å²) in [6, 6.07) is -0.185. The fraction of sp³-hybridized carbons (Fsp3) is 0.900. The molecule has 168 valence electrons. The molecule has 0 aromatic carbocycles. The summed E-state index contributed by atoms with van der Waals surface area (Å²) in [5, 5.41) is 6.63. The average Bonchev–Trinajstić information content (AvgIpc) is 2.81. The molecule has 0 spiro atoms. The summed E-state index contributed by atoms with van der Waals surface area (Å²) >= 11 is 0. The summed E-state index contributed by atoms with van der Waals surface area (Å²) in [4.78, 5) is 21.1. The van der Waals surface area contributed by atoms with Crippen molar-refractivity contribution in [3.63, 3.8) is 0 Å². The van der Waals surface area contributed by atoms with Crippen molar-refractivity contribution >= 4 is 12.1 Å². The van der Waals surface area contributed by atoms with Gasteiger partial charge in [-0.2, -0.15) is 0 Å². The normalized spacial score (nSPS) is 28.3. The van der Waals surface area contributed by atoms with E-state index in [1.54, 1.807) is 11.9 Å². The zero-order chi connectivity index (χ0) is 21.8. The summed E-state index contributed by atoms with van der Waals surface area (Å²) in [7, 11) is 3.82. The van der Waals surface area contributed by atoms with Gasteiger partial charge in [-0.15, -0.1) is 0 Å². The number of hydrogen-bond acceptors (Lipinski definition) is 6. The summed E-state index contributed by atoms with van der Waals surface area (Å²) in [5.74, 6) is 0.669. The molecule has 0 aromatic heterocycles. The molecular formula is C20H39N5O4. The Balaban J connectivity index is 1.95. The van der Waals surface area contributed by atoms with Crippen molar-refractivity contribution < 1.29 is 19.0 Å². The number of carbonyl (C=O) groups is 1. The van der Waals surface area contributed by atoms with E-state index in [0.717, 1.165) is 19.7 Å². The van der Waals surface area contributed by atoms with Gasteiger partial charge < -0.3 is 29.7 Å². The minimum Gasteiger partial charge on any atom is -0.444 e. The molecule has 2 fully saturated rings. The molecule has 2 aliphatic heterocycles. The minimum absolute atomic E-state index is 0.123. The van der Waals surface area contributed by atoms with Gasteiger partial charge in [-0.1, -0.05) is 0 Å². The Bertz CT molecular complexity index is 590. The first kappa shape index (κ1) is 23.7. The number of aliphatic imine (C=N–C) groups is 1. The van der Waals surface area contributed by atoms with Crippen LogP contribution in [0.3, 0.4) is 0 Å². The van der Waals surface area contributed by atoms with Gasteiger partial charge in [0.2, 0.25) is 0 Å². The Kier molecular flexibility index (Phi) is 7.75. The van der Waals surface area contributed by atoms with E-state index in [1.165, 1.54) is 0 Å². The largest absolute Gasteiger partial charge is 0.444 e. The predicted octanol–water partition coefficient (Wildman–Crippen LogP) is 1.24. The lowest BCUT2D eigenvalue weighted by molar-refractivity contribution is -0.0755. The zero-order valence-corrected chi connectivity index (χ0v) is 19.2. The molecule has 0 aliphatic carbocycles. The smallest absolute Gasteiger partial charge is 0.412 e. The van der Waals surface area contributed by atoms with Crippen LogP contribution in [0.5, 0.6) is 0 Å². The van der Waals surface area contributed by atoms with Crippen LogP contribution in [0.4, 0.5) is 4.79 Å². The molecule has 3 unspecified atom stereocenters. The van der Waals surface area contributed by atoms with Gasteiger partial charge in [-0.25, -0.2) is 4.79 Å². The quantitative estimate of drug-likeness (QED) is 0.530. The summed E-state index contributed by atoms with van der Waals surface area (Å²) < 4.78 is 17.4. The summed E-state index contributed by atoms with van der Waals surface area (Å²) in [5.41, 5.74) is -1.31. The Morgan fingerprint density at radius 3 is 2.52 bits per heavy atom. The molecule has 2 N–H and O–H groups in total. The molecular weight excluding hydrogens is 374 g/mol. The second-order valence-electron chi connectivity index (χ2n) is 9.28. The van der Waals surface area contributed by atoms with Crippen molar-refractivity contribution in [1.29, 1.82) is 0 Å². The second-order valence-corrected chi connectivity index (χ2v) is 9.28. The highest BCUT2D eigenvalue weighted by Crippen LogP contribution is 2.33. The molecule has 0 radical (unpaired) electrons. The van der Waals surface area contributed by atoms with E-state index >= 15 is 0 Å². The molecule has 0 saturated carbocycles. The highest BCUT2D eigenvalue weighted by Gasteiger charge is 2.49. The van der Waals surface area contributed by atoms with Crippen LogP contribution in [0.1, 0.15) is 41.5 Å². The van der Waals surface area contributed by atoms with Gasteiger partial charge in [0.25, 0.3) is 0 Å². The maximum absolute atomic E-state index is 12.8. The van der Waals surface area contributed by atoms with Gasteiger partial charge in [-0.3, -0.25) is 9.89 Å². The summed E-state index contributed by atoms with van der Waals surface area (Å²) in [6.07, 6.45) is -0.392. The van der Waals surface area contributed by atoms with E-state index in [9.17, 15) is 4.79 Å². The molecule has 1 amide bonds. The predicted molar refractivity (Wildman–Crippen MR) is 113 cm³/mol. The van der Waals surface area contributed by atoms with Crippen LogP contribution in [-0.4, -0.2) is 98.3 Å². The number of rotatable bonds is 4. The number of amides is 1. The zero-order valence-electron chi connectivity index (χ0n) is 19.2. The standard InChI is InChI=1S/C20H39N5O4/c1-14-16(25(20(5,6)28-14)18(26)29-19(2,3)4)12-23-17(21-7)22-11-15-13-24(8)9-10-27-15/h14-16H,9-13H2,1-8H3,(H2,21,22,23). The molecule has 2 aliphatic rings. The van der Waals surface area contributed by atoms with Crippen molar-refractivity contribution in [2.75, 3.05) is 46.9 Å². The highest BCUT2D eigenvalue weighted by atomic mass is 16.6. The number of nitrogens with one attached hydrogen (secondary N) is 2. The Morgan fingerprint density at radius 1 is 1.28 bits per heavy atom. The van der Waals surface area contributed by atoms with Gasteiger partial charge in [0.15, 0.2) is 5.96 Å². The number of morpholine rings is 1. The van der Waals surface area contributed by atoms with Gasteiger partial charge in [-0.05, 0) is 48.6 Å². The van der Waals surface area contributed by atoms with Crippen molar-refractivity contribution in [1.82, 2.24) is 20.4 Å². The monoisotopic (exact) mass is 413 g/mol. The molecule has 0 bridgehead atoms. The van der Waals surface area contributed by atoms with Crippen LogP contribution in [0.25, 0.3) is 0 Å². The Morgan fingerprint density at radius 2 is 1.93 bits per heavy atom. The van der Waals surface area contributed by atoms with Crippen molar-refractivity contribution in [2.24, 2.45) is 4.99 Å². The summed E-state index contributed by atoms with van der Waals surface area (Å²) in [6.45, 7) is 15.1. The molecule has 29 heavy (non-hydrogen) atoms. The van der Waals surface area contributed by atoms with E-state index < -0.39 is 11.3 Å². The van der Waals surface area contributed by atoms with Gasteiger partial charge in [0, 0.05) is 33.2 Å². The van der Waals surface area contributed by atoms with Crippen molar-refractivity contribution in [2.45, 2.75) is 71.1 Å². The van der Waals surface area contributed by atoms with Crippen LogP contribution in [0.15, 0.2) is 4.99 Å². The first-order valence-corrected chi connectivity index (χ1v) is 10.4. The van der Waals surface area contributed by atoms with Gasteiger partial charge >= 0.3 is 6.09 Å². The maximum atomic E-state index is 12.8. The molecule has 2 saturated heterocycles. The van der Waals surface area contributed by atoms with E-state index in [1.807, 2.05) is 41.5 Å². The van der Waals surface area contributed by atoms with Crippen LogP contribution in [0, 0.1) is 0 Å². The lowest BCUT2D eigenvalue weighted by Crippen LogP contribution is -2.55. The molecule has 9 nitrogen and oxygen atoms in total. The number of nitrogens with zero attached hydrogens (tertiary/aromatic N) is 3. The lowest BCUT2D eigenvalue weighted by Gasteiger charge is -2.35. The van der Waals surface area contributed by atoms with E-state index in [4.69, 9.17) is 14.2 Å².